The number of oxime groups is 1. The third-order valence-corrected chi connectivity index (χ3v) is 12.5. The van der Waals surface area contributed by atoms with Crippen LogP contribution >= 0.6 is 0 Å². The highest BCUT2D eigenvalue weighted by atomic mass is 16.7. The third-order valence-electron chi connectivity index (χ3n) is 12.5. The molecule has 3 saturated heterocycles. The van der Waals surface area contributed by atoms with Crippen LogP contribution in [-0.2, 0) is 38.1 Å². The fourth-order valence-corrected chi connectivity index (χ4v) is 8.84. The van der Waals surface area contributed by atoms with Crippen LogP contribution in [0.4, 0.5) is 0 Å². The summed E-state index contributed by atoms with van der Waals surface area (Å²) in [6.07, 6.45) is -11.1. The molecule has 0 saturated carbocycles. The molecule has 3 fully saturated rings. The zero-order valence-electron chi connectivity index (χ0n) is 36.3. The van der Waals surface area contributed by atoms with Crippen LogP contribution in [0.5, 0.6) is 0 Å². The van der Waals surface area contributed by atoms with Crippen molar-refractivity contribution >= 4 is 11.7 Å². The number of aliphatic hydroxyl groups is 7. The fourth-order valence-electron chi connectivity index (χ4n) is 8.84. The average Bonchev–Trinajstić information content (AvgIpc) is 3.14. The Labute approximate surface area is 338 Å². The summed E-state index contributed by atoms with van der Waals surface area (Å²) in [5, 5.41) is 82.6. The molecule has 0 aliphatic carbocycles. The predicted octanol–water partition coefficient (Wildman–Crippen LogP) is 0.942. The fraction of sp³-hybridized carbons (Fsp3) is 0.950. The van der Waals surface area contributed by atoms with Crippen molar-refractivity contribution in [2.45, 2.75) is 185 Å². The maximum Gasteiger partial charge on any atom is 0.311 e. The van der Waals surface area contributed by atoms with Crippen LogP contribution in [0.1, 0.15) is 94.9 Å². The van der Waals surface area contributed by atoms with E-state index in [2.05, 4.69) is 5.16 Å². The molecule has 0 aromatic heterocycles. The van der Waals surface area contributed by atoms with E-state index in [9.17, 15) is 40.5 Å². The molecule has 0 bridgehead atoms. The number of rotatable bonds is 11. The molecule has 0 spiro atoms. The lowest BCUT2D eigenvalue weighted by molar-refractivity contribution is -0.317. The molecule has 334 valence electrons. The van der Waals surface area contributed by atoms with E-state index in [1.807, 2.05) is 25.9 Å². The van der Waals surface area contributed by atoms with Crippen molar-refractivity contribution in [3.8, 4) is 0 Å². The van der Waals surface area contributed by atoms with E-state index in [0.29, 0.717) is 6.42 Å². The molecule has 57 heavy (non-hydrogen) atoms. The molecule has 19 atom stereocenters. The molecule has 3 heterocycles. The summed E-state index contributed by atoms with van der Waals surface area (Å²) in [6, 6.07) is -0.348. The molecular formula is C40H74N2O15. The van der Waals surface area contributed by atoms with Crippen LogP contribution < -0.4 is 0 Å². The number of aliphatic hydroxyl groups excluding tert-OH is 5. The van der Waals surface area contributed by atoms with E-state index in [-0.39, 0.29) is 43.7 Å². The van der Waals surface area contributed by atoms with Gasteiger partial charge in [0.2, 0.25) is 0 Å². The summed E-state index contributed by atoms with van der Waals surface area (Å²) < 4.78 is 37.5. The van der Waals surface area contributed by atoms with Gasteiger partial charge in [-0.15, -0.1) is 0 Å². The van der Waals surface area contributed by atoms with Gasteiger partial charge in [0, 0.05) is 37.3 Å². The lowest BCUT2D eigenvalue weighted by Gasteiger charge is -2.49. The molecule has 0 aromatic rings. The van der Waals surface area contributed by atoms with Gasteiger partial charge in [-0.3, -0.25) is 4.79 Å². The summed E-state index contributed by atoms with van der Waals surface area (Å²) in [7, 11) is 5.17. The van der Waals surface area contributed by atoms with Crippen molar-refractivity contribution in [1.82, 2.24) is 4.90 Å². The minimum Gasteiger partial charge on any atom is -0.459 e. The Morgan fingerprint density at radius 1 is 0.947 bits per heavy atom. The zero-order chi connectivity index (χ0) is 43.4. The Kier molecular flexibility index (Phi) is 17.7. The van der Waals surface area contributed by atoms with E-state index < -0.39 is 114 Å². The van der Waals surface area contributed by atoms with E-state index >= 15 is 0 Å². The zero-order valence-corrected chi connectivity index (χ0v) is 36.3. The van der Waals surface area contributed by atoms with Gasteiger partial charge in [-0.1, -0.05) is 32.9 Å². The molecular weight excluding hydrogens is 748 g/mol. The first-order chi connectivity index (χ1) is 26.4. The van der Waals surface area contributed by atoms with E-state index in [1.165, 1.54) is 14.0 Å². The quantitative estimate of drug-likeness (QED) is 0.113. The van der Waals surface area contributed by atoms with Crippen LogP contribution in [0.2, 0.25) is 0 Å². The smallest absolute Gasteiger partial charge is 0.311 e. The third kappa shape index (κ3) is 11.6. The van der Waals surface area contributed by atoms with E-state index in [0.717, 1.165) is 0 Å². The van der Waals surface area contributed by atoms with Gasteiger partial charge in [-0.2, -0.15) is 0 Å². The number of hydrogen-bond acceptors (Lipinski definition) is 17. The van der Waals surface area contributed by atoms with Gasteiger partial charge in [0.25, 0.3) is 0 Å². The number of nitrogens with zero attached hydrogens (tertiary/aromatic N) is 2. The summed E-state index contributed by atoms with van der Waals surface area (Å²) >= 11 is 0. The van der Waals surface area contributed by atoms with Crippen molar-refractivity contribution in [1.29, 1.82) is 0 Å². The summed E-state index contributed by atoms with van der Waals surface area (Å²) in [5.41, 5.74) is -4.69. The molecule has 7 N–H and O–H groups in total. The summed E-state index contributed by atoms with van der Waals surface area (Å²) in [6.45, 7) is 15.7. The number of ether oxygens (including phenoxy) is 6. The molecule has 17 heteroatoms. The lowest BCUT2D eigenvalue weighted by atomic mass is 9.73. The van der Waals surface area contributed by atoms with Crippen LogP contribution in [0, 0.1) is 23.7 Å². The Bertz CT molecular complexity index is 1300. The largest absolute Gasteiger partial charge is 0.459 e. The van der Waals surface area contributed by atoms with Gasteiger partial charge in [-0.25, -0.2) is 0 Å². The molecule has 3 aliphatic heterocycles. The van der Waals surface area contributed by atoms with Crippen molar-refractivity contribution < 1.29 is 73.8 Å². The number of esters is 1. The topological polar surface area (TPSA) is 239 Å². The minimum absolute atomic E-state index is 0.0760. The maximum atomic E-state index is 14.3. The highest BCUT2D eigenvalue weighted by Crippen LogP contribution is 2.41. The SMILES string of the molecule is CCC1OC(=O)[C@H](C)C(O[C@H]2C[C@@](C)(OC)[C@@H](O)[C@H](C)O2)[C@H](C)[C@@H](O[C@@H]2O[C@H](C)C[C@H](N(C)C)[C@H]2O)[C@](C)(O)C[C@@H](C)/C(=N\OCC(O)CO)[C@H](C)[C@@H](O)[C@]1(C)O. The molecule has 3 unspecified atom stereocenters. The van der Waals surface area contributed by atoms with Gasteiger partial charge >= 0.3 is 5.97 Å². The second-order valence-electron chi connectivity index (χ2n) is 17.7. The van der Waals surface area contributed by atoms with Crippen molar-refractivity contribution in [3.63, 3.8) is 0 Å². The van der Waals surface area contributed by atoms with Crippen LogP contribution in [0.3, 0.4) is 0 Å². The van der Waals surface area contributed by atoms with Crippen molar-refractivity contribution in [2.24, 2.45) is 28.8 Å². The first kappa shape index (κ1) is 49.8. The molecule has 0 amide bonds. The van der Waals surface area contributed by atoms with E-state index in [4.69, 9.17) is 33.3 Å². The summed E-state index contributed by atoms with van der Waals surface area (Å²) in [4.78, 5) is 21.6. The van der Waals surface area contributed by atoms with E-state index in [1.54, 1.807) is 55.4 Å². The van der Waals surface area contributed by atoms with Crippen molar-refractivity contribution in [2.75, 3.05) is 34.4 Å². The first-order valence-electron chi connectivity index (χ1n) is 20.4. The maximum absolute atomic E-state index is 14.3. The van der Waals surface area contributed by atoms with Crippen LogP contribution in [0.15, 0.2) is 5.16 Å². The number of hydrogen-bond donors (Lipinski definition) is 7. The van der Waals surface area contributed by atoms with Gasteiger partial charge in [-0.05, 0) is 74.9 Å². The molecule has 17 nitrogen and oxygen atoms in total. The standard InChI is InChI=1S/C40H74N2O15/c1-14-28-40(10,50)33(46)22(4)30(41-52-19-26(44)18-43)20(2)16-38(8,49)35(57-37-31(45)27(42(11)12)15-21(3)53-37)23(5)32(24(6)36(48)55-28)56-29-17-39(9,51-13)34(47)25(7)54-29/h20-29,31-35,37,43-47,49-50H,14-19H2,1-13H3/b41-30+/t20-,21-,22+,23+,24-,25+,26?,27+,28?,29+,31-,32?,33-,34+,35-,37+,38-,39-,40-/m1/s1. The van der Waals surface area contributed by atoms with Crippen molar-refractivity contribution in [3.05, 3.63) is 0 Å². The van der Waals surface area contributed by atoms with Gasteiger partial charge in [0.1, 0.15) is 36.6 Å². The van der Waals surface area contributed by atoms with Crippen LogP contribution in [-0.4, -0.2) is 177 Å². The van der Waals surface area contributed by atoms with Gasteiger partial charge < -0.3 is 73.9 Å². The lowest BCUT2D eigenvalue weighted by Crippen LogP contribution is -2.61. The predicted molar refractivity (Wildman–Crippen MR) is 208 cm³/mol. The molecule has 0 aromatic carbocycles. The highest BCUT2D eigenvalue weighted by Gasteiger charge is 2.53. The normalized spacial score (nSPS) is 47.0. The van der Waals surface area contributed by atoms with Crippen LogP contribution in [0.25, 0.3) is 0 Å². The van der Waals surface area contributed by atoms with Gasteiger partial charge in [0.15, 0.2) is 12.6 Å². The number of cyclic esters (lactones) is 1. The Morgan fingerprint density at radius 2 is 1.58 bits per heavy atom. The minimum atomic E-state index is -2.01. The Balaban J connectivity index is 2.25. The summed E-state index contributed by atoms with van der Waals surface area (Å²) in [5.74, 6) is -4.37. The highest BCUT2D eigenvalue weighted by molar-refractivity contribution is 5.88. The second-order valence-corrected chi connectivity index (χ2v) is 17.7. The second kappa shape index (κ2) is 20.3. The Hall–Kier alpha value is -1.58. The molecule has 3 aliphatic rings. The number of methoxy groups -OCH3 is 1. The molecule has 3 rings (SSSR count). The monoisotopic (exact) mass is 823 g/mol. The molecule has 0 radical (unpaired) electrons. The Morgan fingerprint density at radius 3 is 2.14 bits per heavy atom. The van der Waals surface area contributed by atoms with Gasteiger partial charge in [0.05, 0.1) is 60.0 Å². The number of carbonyl (C=O) groups excluding carboxylic acids is 1. The first-order valence-corrected chi connectivity index (χ1v) is 20.4. The number of likely N-dealkylation sites (N-methyl/N-ethyl adjacent to an activating group) is 1. The average molecular weight is 823 g/mol. The number of carbonyl (C=O) groups is 1.